The molecule has 1 fully saturated rings. The van der Waals surface area contributed by atoms with Crippen molar-refractivity contribution in [1.82, 2.24) is 4.90 Å². The molecule has 1 aromatic carbocycles. The Labute approximate surface area is 141 Å². The standard InChI is InChI=1S/C18H23NO5/c1-23-10-7-18(17(21)22)6-2-8-19(12-18)16(20)14-3-4-15-13(11-14)5-9-24-15/h3-4,11H,2,5-10,12H2,1H3,(H,21,22). The molecule has 0 aliphatic carbocycles. The summed E-state index contributed by atoms with van der Waals surface area (Å²) in [5.41, 5.74) is 0.734. The van der Waals surface area contributed by atoms with Crippen LogP contribution in [0.5, 0.6) is 5.75 Å². The molecular formula is C18H23NO5. The first-order chi connectivity index (χ1) is 11.6. The van der Waals surface area contributed by atoms with Gasteiger partial charge in [-0.3, -0.25) is 9.59 Å². The minimum atomic E-state index is -0.913. The van der Waals surface area contributed by atoms with E-state index in [9.17, 15) is 14.7 Å². The molecule has 1 atom stereocenters. The van der Waals surface area contributed by atoms with E-state index in [-0.39, 0.29) is 12.5 Å². The molecule has 1 aromatic rings. The third kappa shape index (κ3) is 3.11. The first kappa shape index (κ1) is 16.8. The van der Waals surface area contributed by atoms with Crippen molar-refractivity contribution >= 4 is 11.9 Å². The molecule has 0 radical (unpaired) electrons. The van der Waals surface area contributed by atoms with Crippen molar-refractivity contribution in [3.63, 3.8) is 0 Å². The maximum absolute atomic E-state index is 12.8. The Kier molecular flexibility index (Phi) is 4.76. The third-order valence-electron chi connectivity index (χ3n) is 5.04. The summed E-state index contributed by atoms with van der Waals surface area (Å²) in [6.45, 7) is 1.85. The molecule has 0 aromatic heterocycles. The van der Waals surface area contributed by atoms with Gasteiger partial charge in [-0.2, -0.15) is 0 Å². The van der Waals surface area contributed by atoms with Gasteiger partial charge < -0.3 is 19.5 Å². The van der Waals surface area contributed by atoms with Crippen molar-refractivity contribution in [1.29, 1.82) is 0 Å². The normalized spacial score (nSPS) is 22.8. The molecule has 2 aliphatic rings. The molecule has 2 heterocycles. The highest BCUT2D eigenvalue weighted by Gasteiger charge is 2.43. The molecule has 1 unspecified atom stereocenters. The van der Waals surface area contributed by atoms with Crippen LogP contribution < -0.4 is 4.74 Å². The number of carboxylic acid groups (broad SMARTS) is 1. The fourth-order valence-corrected chi connectivity index (χ4v) is 3.59. The topological polar surface area (TPSA) is 76.1 Å². The van der Waals surface area contributed by atoms with Crippen molar-refractivity contribution in [2.24, 2.45) is 5.41 Å². The van der Waals surface area contributed by atoms with Crippen LogP contribution in [-0.2, 0) is 16.0 Å². The van der Waals surface area contributed by atoms with E-state index >= 15 is 0 Å². The number of benzene rings is 1. The number of nitrogens with zero attached hydrogens (tertiary/aromatic N) is 1. The Bertz CT molecular complexity index is 644. The lowest BCUT2D eigenvalue weighted by atomic mass is 9.77. The van der Waals surface area contributed by atoms with Crippen LogP contribution in [0.25, 0.3) is 0 Å². The highest BCUT2D eigenvalue weighted by Crippen LogP contribution is 2.35. The second-order valence-corrected chi connectivity index (χ2v) is 6.58. The maximum atomic E-state index is 12.8. The summed E-state index contributed by atoms with van der Waals surface area (Å²) in [4.78, 5) is 26.3. The number of hydrogen-bond donors (Lipinski definition) is 1. The van der Waals surface area contributed by atoms with E-state index < -0.39 is 11.4 Å². The van der Waals surface area contributed by atoms with Crippen molar-refractivity contribution < 1.29 is 24.2 Å². The van der Waals surface area contributed by atoms with Crippen molar-refractivity contribution in [3.8, 4) is 5.75 Å². The van der Waals surface area contributed by atoms with Crippen molar-refractivity contribution in [2.75, 3.05) is 33.4 Å². The second kappa shape index (κ2) is 6.81. The molecule has 1 amide bonds. The Morgan fingerprint density at radius 1 is 1.42 bits per heavy atom. The molecule has 6 nitrogen and oxygen atoms in total. The summed E-state index contributed by atoms with van der Waals surface area (Å²) in [6.07, 6.45) is 2.49. The number of rotatable bonds is 5. The quantitative estimate of drug-likeness (QED) is 0.891. The molecule has 130 valence electrons. The molecule has 1 N–H and O–H groups in total. The number of aliphatic carboxylic acids is 1. The summed E-state index contributed by atoms with van der Waals surface area (Å²) in [5, 5.41) is 9.70. The van der Waals surface area contributed by atoms with Gasteiger partial charge in [0.2, 0.25) is 0 Å². The molecule has 3 rings (SSSR count). The number of methoxy groups -OCH3 is 1. The van der Waals surface area contributed by atoms with E-state index in [0.29, 0.717) is 44.6 Å². The number of likely N-dealkylation sites (tertiary alicyclic amines) is 1. The maximum Gasteiger partial charge on any atom is 0.311 e. The molecule has 6 heteroatoms. The minimum absolute atomic E-state index is 0.104. The van der Waals surface area contributed by atoms with Gasteiger partial charge in [-0.25, -0.2) is 0 Å². The van der Waals surface area contributed by atoms with E-state index in [1.807, 2.05) is 12.1 Å². The lowest BCUT2D eigenvalue weighted by Crippen LogP contribution is -2.50. The number of carbonyl (C=O) groups is 2. The Morgan fingerprint density at radius 3 is 3.00 bits per heavy atom. The highest BCUT2D eigenvalue weighted by molar-refractivity contribution is 5.95. The predicted molar refractivity (Wildman–Crippen MR) is 87.3 cm³/mol. The average Bonchev–Trinajstić information content (AvgIpc) is 3.07. The molecule has 0 spiro atoms. The van der Waals surface area contributed by atoms with E-state index in [2.05, 4.69) is 0 Å². The van der Waals surface area contributed by atoms with Gasteiger partial charge >= 0.3 is 5.97 Å². The lowest BCUT2D eigenvalue weighted by Gasteiger charge is -2.40. The fraction of sp³-hybridized carbons (Fsp3) is 0.556. The fourth-order valence-electron chi connectivity index (χ4n) is 3.59. The predicted octanol–water partition coefficient (Wildman–Crippen LogP) is 1.97. The zero-order valence-electron chi connectivity index (χ0n) is 13.9. The van der Waals surface area contributed by atoms with Crippen LogP contribution >= 0.6 is 0 Å². The zero-order chi connectivity index (χ0) is 17.2. The molecule has 0 bridgehead atoms. The highest BCUT2D eigenvalue weighted by atomic mass is 16.5. The molecule has 0 saturated carbocycles. The smallest absolute Gasteiger partial charge is 0.311 e. The van der Waals surface area contributed by atoms with Gasteiger partial charge in [0, 0.05) is 38.8 Å². The van der Waals surface area contributed by atoms with Gasteiger partial charge in [0.15, 0.2) is 0 Å². The Hall–Kier alpha value is -2.08. The average molecular weight is 333 g/mol. The van der Waals surface area contributed by atoms with E-state index in [4.69, 9.17) is 9.47 Å². The van der Waals surface area contributed by atoms with Gasteiger partial charge in [0.05, 0.1) is 12.0 Å². The third-order valence-corrected chi connectivity index (χ3v) is 5.04. The number of hydrogen-bond acceptors (Lipinski definition) is 4. The number of ether oxygens (including phenoxy) is 2. The molecule has 2 aliphatic heterocycles. The summed E-state index contributed by atoms with van der Waals surface area (Å²) in [6, 6.07) is 5.46. The number of fused-ring (bicyclic) bond motifs is 1. The molecule has 24 heavy (non-hydrogen) atoms. The van der Waals surface area contributed by atoms with Gasteiger partial charge in [0.25, 0.3) is 5.91 Å². The van der Waals surface area contributed by atoms with Gasteiger partial charge in [-0.15, -0.1) is 0 Å². The van der Waals surface area contributed by atoms with Crippen LogP contribution in [0.4, 0.5) is 0 Å². The van der Waals surface area contributed by atoms with Crippen LogP contribution in [0.3, 0.4) is 0 Å². The van der Waals surface area contributed by atoms with Crippen molar-refractivity contribution in [2.45, 2.75) is 25.7 Å². The SMILES string of the molecule is COCCC1(C(=O)O)CCCN(C(=O)c2ccc3c(c2)CCO3)C1. The summed E-state index contributed by atoms with van der Waals surface area (Å²) in [5.74, 6) is -0.114. The van der Waals surface area contributed by atoms with Crippen molar-refractivity contribution in [3.05, 3.63) is 29.3 Å². The summed E-state index contributed by atoms with van der Waals surface area (Å²) in [7, 11) is 1.56. The van der Waals surface area contributed by atoms with E-state index in [1.54, 1.807) is 18.1 Å². The van der Waals surface area contributed by atoms with Crippen LogP contribution in [0, 0.1) is 5.41 Å². The molecular weight excluding hydrogens is 310 g/mol. The van der Waals surface area contributed by atoms with E-state index in [0.717, 1.165) is 17.7 Å². The van der Waals surface area contributed by atoms with Gasteiger partial charge in [-0.1, -0.05) is 0 Å². The van der Waals surface area contributed by atoms with Crippen LogP contribution in [0.2, 0.25) is 0 Å². The van der Waals surface area contributed by atoms with Gasteiger partial charge in [-0.05, 0) is 43.0 Å². The number of carboxylic acids is 1. The Balaban J connectivity index is 1.78. The van der Waals surface area contributed by atoms with Gasteiger partial charge in [0.1, 0.15) is 5.75 Å². The largest absolute Gasteiger partial charge is 0.493 e. The monoisotopic (exact) mass is 333 g/mol. The van der Waals surface area contributed by atoms with Crippen LogP contribution in [0.1, 0.15) is 35.2 Å². The number of amides is 1. The number of piperidine rings is 1. The minimum Gasteiger partial charge on any atom is -0.493 e. The first-order valence-corrected chi connectivity index (χ1v) is 8.33. The summed E-state index contributed by atoms with van der Waals surface area (Å²) >= 11 is 0. The summed E-state index contributed by atoms with van der Waals surface area (Å²) < 4.78 is 10.5. The zero-order valence-corrected chi connectivity index (χ0v) is 13.9. The lowest BCUT2D eigenvalue weighted by molar-refractivity contribution is -0.153. The molecule has 1 saturated heterocycles. The Morgan fingerprint density at radius 2 is 2.25 bits per heavy atom. The number of carbonyl (C=O) groups excluding carboxylic acids is 1. The van der Waals surface area contributed by atoms with Crippen LogP contribution in [0.15, 0.2) is 18.2 Å². The van der Waals surface area contributed by atoms with E-state index in [1.165, 1.54) is 0 Å². The first-order valence-electron chi connectivity index (χ1n) is 8.33. The second-order valence-electron chi connectivity index (χ2n) is 6.58. The van der Waals surface area contributed by atoms with Crippen LogP contribution in [-0.4, -0.2) is 55.3 Å².